The Morgan fingerprint density at radius 2 is 2.18 bits per heavy atom. The fourth-order valence-corrected chi connectivity index (χ4v) is 3.92. The zero-order valence-electron chi connectivity index (χ0n) is 15.3. The molecule has 0 N–H and O–H groups in total. The van der Waals surface area contributed by atoms with Gasteiger partial charge in [-0.2, -0.15) is 0 Å². The van der Waals surface area contributed by atoms with Crippen molar-refractivity contribution >= 4 is 17.4 Å². The molecule has 7 heteroatoms. The Hall–Kier alpha value is -2.64. The number of hydrogen-bond donors (Lipinski definition) is 0. The number of halogens is 1. The summed E-state index contributed by atoms with van der Waals surface area (Å²) in [7, 11) is 0. The highest BCUT2D eigenvalue weighted by atomic mass is 32.1. The van der Waals surface area contributed by atoms with Gasteiger partial charge in [0.2, 0.25) is 0 Å². The summed E-state index contributed by atoms with van der Waals surface area (Å²) >= 11 is 1.27. The molecular formula is C21H20FN3O2S. The minimum absolute atomic E-state index is 0.00203. The van der Waals surface area contributed by atoms with Crippen LogP contribution in [-0.2, 0) is 11.3 Å². The summed E-state index contributed by atoms with van der Waals surface area (Å²) in [6.45, 7) is 1.53. The molecule has 3 aromatic rings. The van der Waals surface area contributed by atoms with E-state index in [1.165, 1.54) is 23.7 Å². The summed E-state index contributed by atoms with van der Waals surface area (Å²) in [5, 5.41) is 0. The van der Waals surface area contributed by atoms with Gasteiger partial charge in [0.15, 0.2) is 0 Å². The molecule has 0 radical (unpaired) electrons. The summed E-state index contributed by atoms with van der Waals surface area (Å²) in [4.78, 5) is 20.1. The zero-order chi connectivity index (χ0) is 19.3. The third kappa shape index (κ3) is 4.43. The summed E-state index contributed by atoms with van der Waals surface area (Å²) in [5.41, 5.74) is 1.76. The topological polar surface area (TPSA) is 55.3 Å². The molecule has 1 amide bonds. The van der Waals surface area contributed by atoms with E-state index in [9.17, 15) is 9.18 Å². The van der Waals surface area contributed by atoms with Gasteiger partial charge in [0.1, 0.15) is 5.82 Å². The highest BCUT2D eigenvalue weighted by molar-refractivity contribution is 7.09. The minimum Gasteiger partial charge on any atom is -0.376 e. The van der Waals surface area contributed by atoms with Gasteiger partial charge in [-0.1, -0.05) is 6.07 Å². The van der Waals surface area contributed by atoms with E-state index in [1.54, 1.807) is 23.4 Å². The van der Waals surface area contributed by atoms with Gasteiger partial charge in [-0.3, -0.25) is 9.78 Å². The van der Waals surface area contributed by atoms with E-state index in [0.29, 0.717) is 30.8 Å². The number of rotatable bonds is 6. The lowest BCUT2D eigenvalue weighted by atomic mass is 10.1. The van der Waals surface area contributed by atoms with Crippen LogP contribution < -0.4 is 0 Å². The second-order valence-electron chi connectivity index (χ2n) is 6.75. The van der Waals surface area contributed by atoms with E-state index in [1.807, 2.05) is 24.3 Å². The lowest BCUT2D eigenvalue weighted by molar-refractivity contribution is 0.0504. The van der Waals surface area contributed by atoms with Gasteiger partial charge in [0, 0.05) is 31.1 Å². The Bertz CT molecular complexity index is 928. The van der Waals surface area contributed by atoms with E-state index < -0.39 is 5.82 Å². The van der Waals surface area contributed by atoms with Gasteiger partial charge in [-0.15, -0.1) is 0 Å². The normalized spacial score (nSPS) is 16.2. The number of carbonyl (C=O) groups excluding carboxylic acids is 1. The van der Waals surface area contributed by atoms with Crippen molar-refractivity contribution in [3.8, 4) is 10.4 Å². The first-order chi connectivity index (χ1) is 13.7. The molecule has 4 rings (SSSR count). The molecule has 1 aromatic carbocycles. The summed E-state index contributed by atoms with van der Waals surface area (Å²) in [6, 6.07) is 11.8. The molecule has 0 bridgehead atoms. The van der Waals surface area contributed by atoms with Crippen LogP contribution in [0.5, 0.6) is 0 Å². The molecule has 3 heterocycles. The first-order valence-corrected chi connectivity index (χ1v) is 9.99. The lowest BCUT2D eigenvalue weighted by Gasteiger charge is -2.25. The molecule has 144 valence electrons. The number of aromatic nitrogens is 2. The average molecular weight is 397 g/mol. The third-order valence-corrected chi connectivity index (χ3v) is 5.48. The molecule has 5 nitrogen and oxygen atoms in total. The minimum atomic E-state index is -0.441. The molecular weight excluding hydrogens is 377 g/mol. The van der Waals surface area contributed by atoms with E-state index in [0.717, 1.165) is 23.4 Å². The van der Waals surface area contributed by atoms with Crippen molar-refractivity contribution in [1.82, 2.24) is 14.3 Å². The predicted molar refractivity (Wildman–Crippen MR) is 105 cm³/mol. The van der Waals surface area contributed by atoms with E-state index in [2.05, 4.69) is 9.36 Å². The molecule has 0 aliphatic carbocycles. The Labute approximate surface area is 167 Å². The molecule has 1 unspecified atom stereocenters. The SMILES string of the molecule is O=C(c1cc(F)cc(-c2ccns2)c1)N(Cc1ccccn1)CC1CCCO1. The molecule has 0 saturated carbocycles. The van der Waals surface area contributed by atoms with Gasteiger partial charge in [-0.05, 0) is 66.3 Å². The fourth-order valence-electron chi connectivity index (χ4n) is 3.34. The van der Waals surface area contributed by atoms with Gasteiger partial charge >= 0.3 is 0 Å². The maximum absolute atomic E-state index is 14.3. The van der Waals surface area contributed by atoms with Crippen LogP contribution in [0.3, 0.4) is 0 Å². The zero-order valence-corrected chi connectivity index (χ0v) is 16.1. The van der Waals surface area contributed by atoms with Crippen molar-refractivity contribution in [2.75, 3.05) is 13.2 Å². The van der Waals surface area contributed by atoms with Crippen LogP contribution in [0.25, 0.3) is 10.4 Å². The number of benzene rings is 1. The monoisotopic (exact) mass is 397 g/mol. The number of nitrogens with zero attached hydrogens (tertiary/aromatic N) is 3. The van der Waals surface area contributed by atoms with Crippen LogP contribution in [0.15, 0.2) is 54.9 Å². The van der Waals surface area contributed by atoms with Crippen LogP contribution in [0.1, 0.15) is 28.9 Å². The van der Waals surface area contributed by atoms with Crippen molar-refractivity contribution < 1.29 is 13.9 Å². The van der Waals surface area contributed by atoms with Crippen LogP contribution in [-0.4, -0.2) is 39.4 Å². The highest BCUT2D eigenvalue weighted by Gasteiger charge is 2.24. The van der Waals surface area contributed by atoms with Crippen LogP contribution in [0.4, 0.5) is 4.39 Å². The maximum atomic E-state index is 14.3. The van der Waals surface area contributed by atoms with Crippen LogP contribution in [0.2, 0.25) is 0 Å². The third-order valence-electron chi connectivity index (χ3n) is 4.68. The Morgan fingerprint density at radius 1 is 1.25 bits per heavy atom. The number of pyridine rings is 1. The van der Waals surface area contributed by atoms with Gasteiger partial charge in [-0.25, -0.2) is 8.76 Å². The Morgan fingerprint density at radius 3 is 2.89 bits per heavy atom. The van der Waals surface area contributed by atoms with Crippen LogP contribution >= 0.6 is 11.5 Å². The second kappa shape index (κ2) is 8.58. The molecule has 1 saturated heterocycles. The molecule has 1 fully saturated rings. The van der Waals surface area contributed by atoms with Crippen molar-refractivity contribution in [3.63, 3.8) is 0 Å². The van der Waals surface area contributed by atoms with Gasteiger partial charge < -0.3 is 9.64 Å². The summed E-state index contributed by atoms with van der Waals surface area (Å²) in [6.07, 6.45) is 5.28. The second-order valence-corrected chi connectivity index (χ2v) is 7.58. The van der Waals surface area contributed by atoms with Gasteiger partial charge in [0.25, 0.3) is 5.91 Å². The lowest BCUT2D eigenvalue weighted by Crippen LogP contribution is -2.37. The first kappa shape index (κ1) is 18.7. The highest BCUT2D eigenvalue weighted by Crippen LogP contribution is 2.26. The van der Waals surface area contributed by atoms with E-state index >= 15 is 0 Å². The predicted octanol–water partition coefficient (Wildman–Crippen LogP) is 4.17. The van der Waals surface area contributed by atoms with Gasteiger partial charge in [0.05, 0.1) is 23.2 Å². The van der Waals surface area contributed by atoms with E-state index in [4.69, 9.17) is 4.74 Å². The Balaban J connectivity index is 1.62. The number of carbonyl (C=O) groups is 1. The fraction of sp³-hybridized carbons (Fsp3) is 0.286. The molecule has 2 aromatic heterocycles. The van der Waals surface area contributed by atoms with Crippen molar-refractivity contribution in [3.05, 3.63) is 71.9 Å². The molecule has 1 aliphatic rings. The van der Waals surface area contributed by atoms with E-state index in [-0.39, 0.29) is 12.0 Å². The maximum Gasteiger partial charge on any atom is 0.254 e. The summed E-state index contributed by atoms with van der Waals surface area (Å²) < 4.78 is 24.0. The number of amides is 1. The molecule has 0 spiro atoms. The van der Waals surface area contributed by atoms with Crippen molar-refractivity contribution in [1.29, 1.82) is 0 Å². The average Bonchev–Trinajstić information content (AvgIpc) is 3.41. The number of ether oxygens (including phenoxy) is 1. The van der Waals surface area contributed by atoms with Crippen molar-refractivity contribution in [2.24, 2.45) is 0 Å². The molecule has 28 heavy (non-hydrogen) atoms. The van der Waals surface area contributed by atoms with Crippen molar-refractivity contribution in [2.45, 2.75) is 25.5 Å². The quantitative estimate of drug-likeness (QED) is 0.627. The van der Waals surface area contributed by atoms with Crippen LogP contribution in [0, 0.1) is 5.82 Å². The molecule has 1 aliphatic heterocycles. The smallest absolute Gasteiger partial charge is 0.254 e. The molecule has 1 atom stereocenters. The number of hydrogen-bond acceptors (Lipinski definition) is 5. The largest absolute Gasteiger partial charge is 0.376 e. The Kier molecular flexibility index (Phi) is 5.73. The first-order valence-electron chi connectivity index (χ1n) is 9.21. The summed E-state index contributed by atoms with van der Waals surface area (Å²) in [5.74, 6) is -0.671. The standard InChI is InChI=1S/C21H20FN3O2S/c22-17-11-15(20-6-8-24-28-20)10-16(12-17)21(26)25(14-19-5-3-9-27-19)13-18-4-1-2-7-23-18/h1-2,4,6-8,10-12,19H,3,5,9,13-14H2.